The molecule has 0 aromatic carbocycles. The summed E-state index contributed by atoms with van der Waals surface area (Å²) in [5.74, 6) is -0.224. The SMILES string of the molecule is CNc1nnc(C(=O)NC(C)COC)s1. The van der Waals surface area contributed by atoms with Crippen LogP contribution in [0.3, 0.4) is 0 Å². The molecule has 0 saturated heterocycles. The fourth-order valence-corrected chi connectivity index (χ4v) is 1.59. The molecular weight excluding hydrogens is 216 g/mol. The number of carbonyl (C=O) groups excluding carboxylic acids is 1. The largest absolute Gasteiger partial charge is 0.383 e. The van der Waals surface area contributed by atoms with Crippen molar-refractivity contribution in [3.8, 4) is 0 Å². The molecule has 0 bridgehead atoms. The monoisotopic (exact) mass is 230 g/mol. The smallest absolute Gasteiger partial charge is 0.282 e. The Bertz CT molecular complexity index is 328. The molecule has 1 atom stereocenters. The van der Waals surface area contributed by atoms with Crippen LogP contribution in [0.2, 0.25) is 0 Å². The quantitative estimate of drug-likeness (QED) is 0.763. The lowest BCUT2D eigenvalue weighted by Gasteiger charge is -2.10. The average molecular weight is 230 g/mol. The van der Waals surface area contributed by atoms with E-state index < -0.39 is 0 Å². The molecule has 6 nitrogen and oxygen atoms in total. The minimum Gasteiger partial charge on any atom is -0.383 e. The van der Waals surface area contributed by atoms with Gasteiger partial charge in [0.2, 0.25) is 10.1 Å². The van der Waals surface area contributed by atoms with Crippen LogP contribution in [0, 0.1) is 0 Å². The van der Waals surface area contributed by atoms with Gasteiger partial charge in [-0.15, -0.1) is 10.2 Å². The second-order valence-corrected chi connectivity index (χ2v) is 3.97. The van der Waals surface area contributed by atoms with Crippen molar-refractivity contribution in [3.05, 3.63) is 5.01 Å². The fourth-order valence-electron chi connectivity index (χ4n) is 0.993. The van der Waals surface area contributed by atoms with Gasteiger partial charge in [-0.2, -0.15) is 0 Å². The van der Waals surface area contributed by atoms with Gasteiger partial charge in [-0.05, 0) is 6.92 Å². The zero-order valence-electron chi connectivity index (χ0n) is 8.90. The summed E-state index contributed by atoms with van der Waals surface area (Å²) in [6.45, 7) is 2.34. The van der Waals surface area contributed by atoms with Crippen LogP contribution < -0.4 is 10.6 Å². The van der Waals surface area contributed by atoms with E-state index in [1.807, 2.05) is 6.92 Å². The van der Waals surface area contributed by atoms with E-state index in [1.165, 1.54) is 11.3 Å². The van der Waals surface area contributed by atoms with Gasteiger partial charge in [0.05, 0.1) is 6.61 Å². The Kier molecular flexibility index (Phi) is 4.44. The zero-order chi connectivity index (χ0) is 11.3. The highest BCUT2D eigenvalue weighted by molar-refractivity contribution is 7.17. The molecular formula is C8H14N4O2S. The molecule has 1 heterocycles. The van der Waals surface area contributed by atoms with Crippen molar-refractivity contribution in [1.29, 1.82) is 0 Å². The highest BCUT2D eigenvalue weighted by atomic mass is 32.1. The Morgan fingerprint density at radius 1 is 1.60 bits per heavy atom. The number of carbonyl (C=O) groups is 1. The molecule has 0 aliphatic heterocycles. The van der Waals surface area contributed by atoms with Gasteiger partial charge in [-0.3, -0.25) is 4.79 Å². The molecule has 0 radical (unpaired) electrons. The van der Waals surface area contributed by atoms with Crippen molar-refractivity contribution in [3.63, 3.8) is 0 Å². The summed E-state index contributed by atoms with van der Waals surface area (Å²) >= 11 is 1.21. The molecule has 15 heavy (non-hydrogen) atoms. The van der Waals surface area contributed by atoms with Crippen LogP contribution in [0.5, 0.6) is 0 Å². The van der Waals surface area contributed by atoms with Gasteiger partial charge in [0, 0.05) is 20.2 Å². The lowest BCUT2D eigenvalue weighted by molar-refractivity contribution is 0.0904. The third kappa shape index (κ3) is 3.45. The van der Waals surface area contributed by atoms with Crippen LogP contribution in [0.1, 0.15) is 16.7 Å². The molecule has 0 aliphatic carbocycles. The zero-order valence-corrected chi connectivity index (χ0v) is 9.72. The summed E-state index contributed by atoms with van der Waals surface area (Å²) in [4.78, 5) is 11.6. The highest BCUT2D eigenvalue weighted by Crippen LogP contribution is 2.13. The van der Waals surface area contributed by atoms with Crippen molar-refractivity contribution in [1.82, 2.24) is 15.5 Å². The average Bonchev–Trinajstić information content (AvgIpc) is 2.66. The summed E-state index contributed by atoms with van der Waals surface area (Å²) in [6.07, 6.45) is 0. The van der Waals surface area contributed by atoms with Crippen LogP contribution in [0.15, 0.2) is 0 Å². The van der Waals surface area contributed by atoms with Crippen molar-refractivity contribution in [2.24, 2.45) is 0 Å². The number of anilines is 1. The Balaban J connectivity index is 2.53. The Morgan fingerprint density at radius 2 is 2.33 bits per heavy atom. The first kappa shape index (κ1) is 11.9. The van der Waals surface area contributed by atoms with Crippen LogP contribution >= 0.6 is 11.3 Å². The third-order valence-corrected chi connectivity index (χ3v) is 2.57. The lowest BCUT2D eigenvalue weighted by Crippen LogP contribution is -2.35. The van der Waals surface area contributed by atoms with Gasteiger partial charge >= 0.3 is 0 Å². The first-order valence-corrected chi connectivity index (χ1v) is 5.30. The van der Waals surface area contributed by atoms with Gasteiger partial charge < -0.3 is 15.4 Å². The molecule has 0 aliphatic rings. The molecule has 1 unspecified atom stereocenters. The normalized spacial score (nSPS) is 12.2. The first-order valence-electron chi connectivity index (χ1n) is 4.48. The number of ether oxygens (including phenoxy) is 1. The molecule has 1 amide bonds. The molecule has 84 valence electrons. The van der Waals surface area contributed by atoms with E-state index >= 15 is 0 Å². The molecule has 0 fully saturated rings. The van der Waals surface area contributed by atoms with E-state index in [-0.39, 0.29) is 11.9 Å². The van der Waals surface area contributed by atoms with E-state index in [0.717, 1.165) is 0 Å². The second-order valence-electron chi connectivity index (χ2n) is 2.99. The Morgan fingerprint density at radius 3 is 2.87 bits per heavy atom. The third-order valence-electron chi connectivity index (χ3n) is 1.63. The lowest BCUT2D eigenvalue weighted by atomic mass is 10.3. The van der Waals surface area contributed by atoms with Crippen LogP contribution in [0.25, 0.3) is 0 Å². The number of hydrogen-bond acceptors (Lipinski definition) is 6. The molecule has 7 heteroatoms. The number of rotatable bonds is 5. The molecule has 1 aromatic heterocycles. The van der Waals surface area contributed by atoms with Crippen molar-refractivity contribution in [2.45, 2.75) is 13.0 Å². The predicted molar refractivity (Wildman–Crippen MR) is 58.3 cm³/mol. The fraction of sp³-hybridized carbons (Fsp3) is 0.625. The molecule has 1 rings (SSSR count). The van der Waals surface area contributed by atoms with E-state index in [9.17, 15) is 4.79 Å². The van der Waals surface area contributed by atoms with E-state index in [2.05, 4.69) is 20.8 Å². The number of hydrogen-bond donors (Lipinski definition) is 2. The van der Waals surface area contributed by atoms with E-state index in [0.29, 0.717) is 16.7 Å². The number of nitrogens with one attached hydrogen (secondary N) is 2. The van der Waals surface area contributed by atoms with Gasteiger partial charge in [-0.1, -0.05) is 11.3 Å². The summed E-state index contributed by atoms with van der Waals surface area (Å²) in [5.41, 5.74) is 0. The van der Waals surface area contributed by atoms with Crippen molar-refractivity contribution >= 4 is 22.4 Å². The summed E-state index contributed by atoms with van der Waals surface area (Å²) in [6, 6.07) is -0.0376. The Hall–Kier alpha value is -1.21. The van der Waals surface area contributed by atoms with E-state index in [4.69, 9.17) is 4.74 Å². The maximum absolute atomic E-state index is 11.6. The summed E-state index contributed by atoms with van der Waals surface area (Å²) in [7, 11) is 3.32. The van der Waals surface area contributed by atoms with Crippen LogP contribution in [-0.2, 0) is 4.74 Å². The Labute approximate surface area is 92.0 Å². The maximum atomic E-state index is 11.6. The number of amides is 1. The van der Waals surface area contributed by atoms with Crippen molar-refractivity contribution in [2.75, 3.05) is 26.1 Å². The first-order chi connectivity index (χ1) is 7.17. The standard InChI is InChI=1S/C8H14N4O2S/c1-5(4-14-3)10-6(13)7-11-12-8(9-2)15-7/h5H,4H2,1-3H3,(H,9,12)(H,10,13). The number of nitrogens with zero attached hydrogens (tertiary/aromatic N) is 2. The molecule has 0 saturated carbocycles. The topological polar surface area (TPSA) is 76.1 Å². The predicted octanol–water partition coefficient (Wildman–Crippen LogP) is 0.344. The van der Waals surface area contributed by atoms with Crippen LogP contribution in [0.4, 0.5) is 5.13 Å². The van der Waals surface area contributed by atoms with Gasteiger partial charge in [0.25, 0.3) is 5.91 Å². The van der Waals surface area contributed by atoms with E-state index in [1.54, 1.807) is 14.2 Å². The molecule has 1 aromatic rings. The minimum atomic E-state index is -0.224. The van der Waals surface area contributed by atoms with Crippen molar-refractivity contribution < 1.29 is 9.53 Å². The second kappa shape index (κ2) is 5.62. The number of methoxy groups -OCH3 is 1. The summed E-state index contributed by atoms with van der Waals surface area (Å²) in [5, 5.41) is 14.1. The molecule has 2 N–H and O–H groups in total. The highest BCUT2D eigenvalue weighted by Gasteiger charge is 2.14. The number of aromatic nitrogens is 2. The minimum absolute atomic E-state index is 0.0376. The van der Waals surface area contributed by atoms with Gasteiger partial charge in [-0.25, -0.2) is 0 Å². The summed E-state index contributed by atoms with van der Waals surface area (Å²) < 4.78 is 4.91. The van der Waals surface area contributed by atoms with Gasteiger partial charge in [0.1, 0.15) is 0 Å². The maximum Gasteiger partial charge on any atom is 0.282 e. The molecule has 0 spiro atoms. The van der Waals surface area contributed by atoms with Crippen LogP contribution in [-0.4, -0.2) is 42.9 Å². The van der Waals surface area contributed by atoms with Gasteiger partial charge in [0.15, 0.2) is 0 Å².